The summed E-state index contributed by atoms with van der Waals surface area (Å²) < 4.78 is 5.32. The summed E-state index contributed by atoms with van der Waals surface area (Å²) in [7, 11) is 1.51. The molecule has 0 aliphatic rings. The average molecular weight is 377 g/mol. The molecule has 0 amide bonds. The molecule has 140 valence electrons. The Kier molecular flexibility index (Phi) is 5.66. The standard InChI is InChI=1S/C19H15N5O4/c1-28-19-12-15(22-20-13-2-7-16(8-3-13)24(26)27)6-11-18(19)23-21-14-4-9-17(25)10-5-14/h2-12,25H,1H3/b22-20+,23-21+. The average Bonchev–Trinajstić information content (AvgIpc) is 2.72. The van der Waals surface area contributed by atoms with Gasteiger partial charge in [0.15, 0.2) is 0 Å². The van der Waals surface area contributed by atoms with Gasteiger partial charge in [0, 0.05) is 18.2 Å². The maximum Gasteiger partial charge on any atom is 0.269 e. The molecule has 1 N–H and O–H groups in total. The molecule has 0 bridgehead atoms. The van der Waals surface area contributed by atoms with Gasteiger partial charge in [-0.3, -0.25) is 10.1 Å². The summed E-state index contributed by atoms with van der Waals surface area (Å²) in [6, 6.07) is 17.1. The number of benzene rings is 3. The number of methoxy groups -OCH3 is 1. The Balaban J connectivity index is 1.76. The number of phenolic OH excluding ortho intramolecular Hbond substituents is 1. The highest BCUT2D eigenvalue weighted by molar-refractivity contribution is 5.59. The van der Waals surface area contributed by atoms with Crippen molar-refractivity contribution in [1.82, 2.24) is 0 Å². The van der Waals surface area contributed by atoms with E-state index in [-0.39, 0.29) is 11.4 Å². The lowest BCUT2D eigenvalue weighted by Crippen LogP contribution is -1.85. The zero-order chi connectivity index (χ0) is 19.9. The third kappa shape index (κ3) is 4.73. The molecule has 0 saturated carbocycles. The molecule has 0 radical (unpaired) electrons. The van der Waals surface area contributed by atoms with Gasteiger partial charge >= 0.3 is 0 Å². The minimum atomic E-state index is -0.475. The number of ether oxygens (including phenoxy) is 1. The summed E-state index contributed by atoms with van der Waals surface area (Å²) >= 11 is 0. The van der Waals surface area contributed by atoms with E-state index < -0.39 is 4.92 Å². The van der Waals surface area contributed by atoms with Gasteiger partial charge in [-0.2, -0.15) is 15.3 Å². The van der Waals surface area contributed by atoms with Gasteiger partial charge in [0.25, 0.3) is 5.69 Å². The van der Waals surface area contributed by atoms with Crippen LogP contribution in [0.4, 0.5) is 28.4 Å². The molecule has 0 unspecified atom stereocenters. The highest BCUT2D eigenvalue weighted by Crippen LogP contribution is 2.33. The first-order chi connectivity index (χ1) is 13.5. The van der Waals surface area contributed by atoms with Crippen molar-refractivity contribution >= 4 is 28.4 Å². The predicted octanol–water partition coefficient (Wildman–Crippen LogP) is 6.14. The molecule has 0 heterocycles. The van der Waals surface area contributed by atoms with E-state index >= 15 is 0 Å². The first kappa shape index (κ1) is 18.6. The molecule has 0 aliphatic carbocycles. The normalized spacial score (nSPS) is 11.2. The lowest BCUT2D eigenvalue weighted by molar-refractivity contribution is -0.384. The largest absolute Gasteiger partial charge is 0.508 e. The Labute approximate surface area is 159 Å². The molecule has 0 spiro atoms. The van der Waals surface area contributed by atoms with Crippen molar-refractivity contribution in [2.75, 3.05) is 7.11 Å². The van der Waals surface area contributed by atoms with Gasteiger partial charge < -0.3 is 9.84 Å². The van der Waals surface area contributed by atoms with Crippen LogP contribution in [0.3, 0.4) is 0 Å². The van der Waals surface area contributed by atoms with Gasteiger partial charge in [0.2, 0.25) is 0 Å². The number of nitrogens with zero attached hydrogens (tertiary/aromatic N) is 5. The topological polar surface area (TPSA) is 122 Å². The van der Waals surface area contributed by atoms with Crippen LogP contribution in [0.2, 0.25) is 0 Å². The molecule has 3 aromatic carbocycles. The van der Waals surface area contributed by atoms with E-state index in [2.05, 4.69) is 20.5 Å². The van der Waals surface area contributed by atoms with Crippen molar-refractivity contribution in [1.29, 1.82) is 0 Å². The number of nitro groups is 1. The van der Waals surface area contributed by atoms with E-state index in [1.807, 2.05) is 0 Å². The molecule has 0 aromatic heterocycles. The van der Waals surface area contributed by atoms with Gasteiger partial charge in [-0.1, -0.05) is 0 Å². The Morgan fingerprint density at radius 3 is 1.96 bits per heavy atom. The van der Waals surface area contributed by atoms with Gasteiger partial charge in [-0.05, 0) is 48.5 Å². The number of aromatic hydroxyl groups is 1. The van der Waals surface area contributed by atoms with Crippen LogP contribution < -0.4 is 4.74 Å². The highest BCUT2D eigenvalue weighted by atomic mass is 16.6. The van der Waals surface area contributed by atoms with E-state index in [0.29, 0.717) is 28.5 Å². The molecule has 9 nitrogen and oxygen atoms in total. The van der Waals surface area contributed by atoms with Crippen molar-refractivity contribution < 1.29 is 14.8 Å². The Morgan fingerprint density at radius 2 is 1.36 bits per heavy atom. The zero-order valence-electron chi connectivity index (χ0n) is 14.8. The summed E-state index contributed by atoms with van der Waals surface area (Å²) in [6.07, 6.45) is 0. The van der Waals surface area contributed by atoms with Crippen LogP contribution in [0.15, 0.2) is 87.2 Å². The van der Waals surface area contributed by atoms with E-state index in [4.69, 9.17) is 4.74 Å². The van der Waals surface area contributed by atoms with Crippen molar-refractivity contribution in [2.24, 2.45) is 20.5 Å². The predicted molar refractivity (Wildman–Crippen MR) is 103 cm³/mol. The molecule has 9 heteroatoms. The molecule has 3 rings (SSSR count). The van der Waals surface area contributed by atoms with Crippen molar-refractivity contribution in [2.45, 2.75) is 0 Å². The van der Waals surface area contributed by atoms with Crippen LogP contribution in [-0.2, 0) is 0 Å². The minimum absolute atomic E-state index is 0.0102. The van der Waals surface area contributed by atoms with Gasteiger partial charge in [0.05, 0.1) is 29.1 Å². The fraction of sp³-hybridized carbons (Fsp3) is 0.0526. The maximum absolute atomic E-state index is 10.7. The monoisotopic (exact) mass is 377 g/mol. The third-order valence-corrected chi connectivity index (χ3v) is 3.63. The molecule has 0 atom stereocenters. The van der Waals surface area contributed by atoms with E-state index in [0.717, 1.165) is 0 Å². The highest BCUT2D eigenvalue weighted by Gasteiger charge is 2.05. The summed E-state index contributed by atoms with van der Waals surface area (Å²) in [5, 5.41) is 36.3. The fourth-order valence-electron chi connectivity index (χ4n) is 2.20. The zero-order valence-corrected chi connectivity index (χ0v) is 14.8. The second kappa shape index (κ2) is 8.49. The lowest BCUT2D eigenvalue weighted by Gasteiger charge is -2.04. The van der Waals surface area contributed by atoms with Crippen LogP contribution in [0.25, 0.3) is 0 Å². The smallest absolute Gasteiger partial charge is 0.269 e. The number of azo groups is 2. The quantitative estimate of drug-likeness (QED) is 0.315. The van der Waals surface area contributed by atoms with E-state index in [1.54, 1.807) is 30.3 Å². The molecule has 0 fully saturated rings. The number of phenols is 1. The van der Waals surface area contributed by atoms with Crippen LogP contribution in [0.1, 0.15) is 0 Å². The molecular formula is C19H15N5O4. The lowest BCUT2D eigenvalue weighted by atomic mass is 10.2. The van der Waals surface area contributed by atoms with Crippen molar-refractivity contribution in [3.8, 4) is 11.5 Å². The third-order valence-electron chi connectivity index (χ3n) is 3.63. The Hall–Kier alpha value is -4.14. The molecule has 28 heavy (non-hydrogen) atoms. The Bertz CT molecular complexity index is 1030. The summed E-state index contributed by atoms with van der Waals surface area (Å²) in [4.78, 5) is 10.2. The van der Waals surface area contributed by atoms with Crippen LogP contribution >= 0.6 is 0 Å². The van der Waals surface area contributed by atoms with Crippen molar-refractivity contribution in [3.05, 3.63) is 76.8 Å². The summed E-state index contributed by atoms with van der Waals surface area (Å²) in [6.45, 7) is 0. The number of non-ortho nitro benzene ring substituents is 1. The first-order valence-corrected chi connectivity index (χ1v) is 8.10. The molecule has 0 saturated heterocycles. The van der Waals surface area contributed by atoms with Crippen LogP contribution in [0.5, 0.6) is 11.5 Å². The number of hydrogen-bond acceptors (Lipinski definition) is 8. The summed E-state index contributed by atoms with van der Waals surface area (Å²) in [5.41, 5.74) is 2.09. The van der Waals surface area contributed by atoms with Crippen LogP contribution in [0, 0.1) is 10.1 Å². The van der Waals surface area contributed by atoms with E-state index in [1.165, 1.54) is 43.5 Å². The van der Waals surface area contributed by atoms with Gasteiger partial charge in [-0.25, -0.2) is 0 Å². The second-order valence-corrected chi connectivity index (χ2v) is 5.55. The molecule has 3 aromatic rings. The fourth-order valence-corrected chi connectivity index (χ4v) is 2.20. The van der Waals surface area contributed by atoms with Gasteiger partial charge in [0.1, 0.15) is 17.2 Å². The first-order valence-electron chi connectivity index (χ1n) is 8.10. The van der Waals surface area contributed by atoms with Gasteiger partial charge in [-0.15, -0.1) is 5.11 Å². The number of rotatable bonds is 6. The van der Waals surface area contributed by atoms with Crippen LogP contribution in [-0.4, -0.2) is 17.1 Å². The number of hydrogen-bond donors (Lipinski definition) is 1. The Morgan fingerprint density at radius 1 is 0.821 bits per heavy atom. The minimum Gasteiger partial charge on any atom is -0.508 e. The molecule has 0 aliphatic heterocycles. The van der Waals surface area contributed by atoms with Crippen molar-refractivity contribution in [3.63, 3.8) is 0 Å². The SMILES string of the molecule is COc1cc(/N=N/c2ccc([N+](=O)[O-])cc2)ccc1/N=N/c1ccc(O)cc1. The number of nitro benzene ring substituents is 1. The maximum atomic E-state index is 10.7. The second-order valence-electron chi connectivity index (χ2n) is 5.55. The van der Waals surface area contributed by atoms with E-state index in [9.17, 15) is 15.2 Å². The molecular weight excluding hydrogens is 362 g/mol. The summed E-state index contributed by atoms with van der Waals surface area (Å²) in [5.74, 6) is 0.613.